The molecule has 3 N–H and O–H groups in total. The summed E-state index contributed by atoms with van der Waals surface area (Å²) in [5.41, 5.74) is 5.59. The minimum Gasteiger partial charge on any atom is -0.376 e. The van der Waals surface area contributed by atoms with Crippen LogP contribution in [0.2, 0.25) is 5.02 Å². The minimum atomic E-state index is -0.635. The van der Waals surface area contributed by atoms with Gasteiger partial charge in [-0.3, -0.25) is 0 Å². The van der Waals surface area contributed by atoms with Crippen molar-refractivity contribution in [2.75, 3.05) is 5.32 Å². The van der Waals surface area contributed by atoms with Gasteiger partial charge < -0.3 is 11.1 Å². The van der Waals surface area contributed by atoms with Gasteiger partial charge in [0.1, 0.15) is 11.9 Å². The molecular formula is C8H5ClFN3S. The van der Waals surface area contributed by atoms with Crippen LogP contribution >= 0.6 is 23.8 Å². The highest BCUT2D eigenvalue weighted by molar-refractivity contribution is 7.80. The summed E-state index contributed by atoms with van der Waals surface area (Å²) in [6, 6.07) is 4.12. The lowest BCUT2D eigenvalue weighted by atomic mass is 10.2. The van der Waals surface area contributed by atoms with Gasteiger partial charge in [0.05, 0.1) is 16.3 Å². The van der Waals surface area contributed by atoms with Gasteiger partial charge in [-0.15, -0.1) is 0 Å². The smallest absolute Gasteiger partial charge is 0.168 e. The molecule has 1 rings (SSSR count). The second kappa shape index (κ2) is 4.22. The lowest BCUT2D eigenvalue weighted by molar-refractivity contribution is 0.629. The standard InChI is InChI=1S/C8H5ClFN3S/c9-5-1-4(3-11)7(2-6(5)10)13-8(12)14/h1-2H,(H3,12,13,14). The maximum atomic E-state index is 13.0. The first-order chi connectivity index (χ1) is 6.54. The Bertz CT molecular complexity index is 427. The molecule has 1 aromatic carbocycles. The third kappa shape index (κ3) is 2.31. The van der Waals surface area contributed by atoms with E-state index in [4.69, 9.17) is 22.6 Å². The van der Waals surface area contributed by atoms with Gasteiger partial charge in [0.15, 0.2) is 5.11 Å². The van der Waals surface area contributed by atoms with E-state index in [0.29, 0.717) is 0 Å². The quantitative estimate of drug-likeness (QED) is 0.724. The number of hydrogen-bond acceptors (Lipinski definition) is 2. The summed E-state index contributed by atoms with van der Waals surface area (Å²) in [4.78, 5) is 0. The first-order valence-electron chi connectivity index (χ1n) is 3.50. The molecule has 0 atom stereocenters. The van der Waals surface area contributed by atoms with Gasteiger partial charge in [0, 0.05) is 6.07 Å². The van der Waals surface area contributed by atoms with Crippen molar-refractivity contribution in [2.45, 2.75) is 0 Å². The Morgan fingerprint density at radius 3 is 2.79 bits per heavy atom. The van der Waals surface area contributed by atoms with Crippen molar-refractivity contribution in [3.05, 3.63) is 28.5 Å². The largest absolute Gasteiger partial charge is 0.376 e. The Kier molecular flexibility index (Phi) is 3.23. The van der Waals surface area contributed by atoms with E-state index in [1.54, 1.807) is 0 Å². The average Bonchev–Trinajstić information content (AvgIpc) is 2.10. The highest BCUT2D eigenvalue weighted by Crippen LogP contribution is 2.23. The van der Waals surface area contributed by atoms with Gasteiger partial charge in [-0.1, -0.05) is 11.6 Å². The van der Waals surface area contributed by atoms with E-state index in [0.717, 1.165) is 6.07 Å². The number of nitrogens with two attached hydrogens (primary N) is 1. The zero-order valence-electron chi connectivity index (χ0n) is 6.84. The monoisotopic (exact) mass is 229 g/mol. The number of hydrogen-bond donors (Lipinski definition) is 2. The predicted octanol–water partition coefficient (Wildman–Crippen LogP) is 2.01. The molecule has 0 amide bonds. The molecule has 0 aliphatic rings. The first-order valence-corrected chi connectivity index (χ1v) is 4.29. The summed E-state index contributed by atoms with van der Waals surface area (Å²) in [5.74, 6) is -0.635. The van der Waals surface area contributed by atoms with E-state index in [1.165, 1.54) is 6.07 Å². The minimum absolute atomic E-state index is 0.0387. The van der Waals surface area contributed by atoms with Crippen LogP contribution in [0.15, 0.2) is 12.1 Å². The first kappa shape index (κ1) is 10.7. The van der Waals surface area contributed by atoms with Crippen LogP contribution in [0.3, 0.4) is 0 Å². The van der Waals surface area contributed by atoms with E-state index in [-0.39, 0.29) is 21.4 Å². The van der Waals surface area contributed by atoms with E-state index in [2.05, 4.69) is 17.5 Å². The van der Waals surface area contributed by atoms with Gasteiger partial charge in [0.25, 0.3) is 0 Å². The summed E-state index contributed by atoms with van der Waals surface area (Å²) in [6.07, 6.45) is 0. The Balaban J connectivity index is 3.22. The molecule has 1 aromatic rings. The molecule has 0 bridgehead atoms. The molecule has 0 heterocycles. The molecule has 0 saturated heterocycles. The normalized spacial score (nSPS) is 9.21. The fourth-order valence-electron chi connectivity index (χ4n) is 0.875. The summed E-state index contributed by atoms with van der Waals surface area (Å²) < 4.78 is 13.0. The van der Waals surface area contributed by atoms with Crippen LogP contribution in [-0.4, -0.2) is 5.11 Å². The van der Waals surface area contributed by atoms with E-state index in [1.807, 2.05) is 6.07 Å². The molecule has 3 nitrogen and oxygen atoms in total. The van der Waals surface area contributed by atoms with Crippen LogP contribution < -0.4 is 11.1 Å². The second-order valence-electron chi connectivity index (χ2n) is 2.41. The van der Waals surface area contributed by atoms with Gasteiger partial charge in [-0.2, -0.15) is 5.26 Å². The topological polar surface area (TPSA) is 61.8 Å². The van der Waals surface area contributed by atoms with Crippen LogP contribution in [0, 0.1) is 17.1 Å². The van der Waals surface area contributed by atoms with Crippen molar-refractivity contribution in [1.82, 2.24) is 0 Å². The number of nitrogens with zero attached hydrogens (tertiary/aromatic N) is 1. The summed E-state index contributed by atoms with van der Waals surface area (Å²) in [5, 5.41) is 11.0. The van der Waals surface area contributed by atoms with Gasteiger partial charge >= 0.3 is 0 Å². The molecule has 0 saturated carbocycles. The highest BCUT2D eigenvalue weighted by atomic mass is 35.5. The van der Waals surface area contributed by atoms with Crippen molar-refractivity contribution in [1.29, 1.82) is 5.26 Å². The molecule has 6 heteroatoms. The number of nitriles is 1. The number of benzene rings is 1. The van der Waals surface area contributed by atoms with Crippen LogP contribution in [0.25, 0.3) is 0 Å². The Hall–Kier alpha value is -1.38. The van der Waals surface area contributed by atoms with Crippen LogP contribution in [-0.2, 0) is 0 Å². The molecule has 0 fully saturated rings. The Labute approximate surface area is 90.3 Å². The van der Waals surface area contributed by atoms with E-state index < -0.39 is 5.82 Å². The van der Waals surface area contributed by atoms with Gasteiger partial charge in [-0.25, -0.2) is 4.39 Å². The third-order valence-corrected chi connectivity index (χ3v) is 1.83. The Morgan fingerprint density at radius 1 is 1.64 bits per heavy atom. The molecule has 0 spiro atoms. The molecule has 72 valence electrons. The fraction of sp³-hybridized carbons (Fsp3) is 0. The zero-order chi connectivity index (χ0) is 10.7. The summed E-state index contributed by atoms with van der Waals surface area (Å²) in [7, 11) is 0. The summed E-state index contributed by atoms with van der Waals surface area (Å²) >= 11 is 10.0. The molecule has 0 aliphatic heterocycles. The number of halogens is 2. The van der Waals surface area contributed by atoms with Crippen molar-refractivity contribution < 1.29 is 4.39 Å². The number of rotatable bonds is 1. The third-order valence-electron chi connectivity index (χ3n) is 1.44. The highest BCUT2D eigenvalue weighted by Gasteiger charge is 2.08. The fourth-order valence-corrected chi connectivity index (χ4v) is 1.15. The van der Waals surface area contributed by atoms with Crippen LogP contribution in [0.1, 0.15) is 5.56 Å². The van der Waals surface area contributed by atoms with E-state index >= 15 is 0 Å². The number of nitrogens with one attached hydrogen (secondary N) is 1. The predicted molar refractivity (Wildman–Crippen MR) is 56.5 cm³/mol. The summed E-state index contributed by atoms with van der Waals surface area (Å²) in [6.45, 7) is 0. The average molecular weight is 230 g/mol. The van der Waals surface area contributed by atoms with Crippen molar-refractivity contribution in [3.63, 3.8) is 0 Å². The number of anilines is 1. The molecule has 0 aliphatic carbocycles. The van der Waals surface area contributed by atoms with Crippen molar-refractivity contribution in [2.24, 2.45) is 5.73 Å². The van der Waals surface area contributed by atoms with Crippen LogP contribution in [0.5, 0.6) is 0 Å². The number of thiocarbonyl (C=S) groups is 1. The molecule has 14 heavy (non-hydrogen) atoms. The maximum absolute atomic E-state index is 13.0. The molecular weight excluding hydrogens is 225 g/mol. The molecule has 0 unspecified atom stereocenters. The SMILES string of the molecule is N#Cc1cc(Cl)c(F)cc1NC(N)=S. The lowest BCUT2D eigenvalue weighted by Gasteiger charge is -2.06. The van der Waals surface area contributed by atoms with Crippen molar-refractivity contribution >= 4 is 34.6 Å². The maximum Gasteiger partial charge on any atom is 0.168 e. The van der Waals surface area contributed by atoms with E-state index in [9.17, 15) is 4.39 Å². The zero-order valence-corrected chi connectivity index (χ0v) is 8.42. The Morgan fingerprint density at radius 2 is 2.29 bits per heavy atom. The van der Waals surface area contributed by atoms with Gasteiger partial charge in [-0.05, 0) is 18.3 Å². The lowest BCUT2D eigenvalue weighted by Crippen LogP contribution is -2.19. The van der Waals surface area contributed by atoms with Crippen molar-refractivity contribution in [3.8, 4) is 6.07 Å². The second-order valence-corrected chi connectivity index (χ2v) is 3.26. The molecule has 0 aromatic heterocycles. The van der Waals surface area contributed by atoms with Crippen LogP contribution in [0.4, 0.5) is 10.1 Å². The molecule has 0 radical (unpaired) electrons. The van der Waals surface area contributed by atoms with Gasteiger partial charge in [0.2, 0.25) is 0 Å².